The van der Waals surface area contributed by atoms with Crippen molar-refractivity contribution in [1.29, 1.82) is 0 Å². The van der Waals surface area contributed by atoms with Crippen LogP contribution < -0.4 is 0 Å². The van der Waals surface area contributed by atoms with Gasteiger partial charge >= 0.3 is 6.18 Å². The van der Waals surface area contributed by atoms with Crippen LogP contribution in [0.15, 0.2) is 36.4 Å². The predicted molar refractivity (Wildman–Crippen MR) is 61.2 cm³/mol. The summed E-state index contributed by atoms with van der Waals surface area (Å²) in [5.74, 6) is -6.00. The van der Waals surface area contributed by atoms with Crippen molar-refractivity contribution in [2.75, 3.05) is 0 Å². The molecule has 0 aromatic heterocycles. The largest absolute Gasteiger partial charge is 0.416 e. The molecule has 0 unspecified atom stereocenters. The molecule has 21 heavy (non-hydrogen) atoms. The molecule has 0 spiro atoms. The van der Waals surface area contributed by atoms with Crippen LogP contribution in [0.4, 0.5) is 26.3 Å². The molecule has 110 valence electrons. The summed E-state index contributed by atoms with van der Waals surface area (Å²) in [4.78, 5) is 11.9. The molecule has 0 amide bonds. The van der Waals surface area contributed by atoms with Gasteiger partial charge in [-0.15, -0.1) is 0 Å². The topological polar surface area (TPSA) is 17.1 Å². The van der Waals surface area contributed by atoms with Crippen molar-refractivity contribution >= 4 is 5.78 Å². The lowest BCUT2D eigenvalue weighted by Crippen LogP contribution is -2.09. The Labute approximate surface area is 114 Å². The fourth-order valence-corrected chi connectivity index (χ4v) is 1.67. The number of benzene rings is 2. The molecule has 0 aliphatic heterocycles. The Kier molecular flexibility index (Phi) is 3.76. The van der Waals surface area contributed by atoms with Gasteiger partial charge in [0.25, 0.3) is 0 Å². The van der Waals surface area contributed by atoms with Gasteiger partial charge in [0.05, 0.1) is 11.1 Å². The average molecular weight is 304 g/mol. The molecule has 0 atom stereocenters. The molecule has 0 saturated heterocycles. The van der Waals surface area contributed by atoms with E-state index in [9.17, 15) is 31.1 Å². The molecule has 0 radical (unpaired) electrons. The summed E-state index contributed by atoms with van der Waals surface area (Å²) in [6, 6.07) is 4.26. The highest BCUT2D eigenvalue weighted by atomic mass is 19.4. The van der Waals surface area contributed by atoms with Crippen molar-refractivity contribution in [3.05, 3.63) is 70.5 Å². The van der Waals surface area contributed by atoms with Crippen molar-refractivity contribution in [2.45, 2.75) is 6.18 Å². The van der Waals surface area contributed by atoms with Crippen LogP contribution in [0.25, 0.3) is 0 Å². The molecular formula is C14H6F6O. The van der Waals surface area contributed by atoms with Gasteiger partial charge in [-0.2, -0.15) is 13.2 Å². The molecule has 2 aromatic rings. The van der Waals surface area contributed by atoms with Gasteiger partial charge < -0.3 is 0 Å². The molecule has 7 heteroatoms. The fourth-order valence-electron chi connectivity index (χ4n) is 1.67. The summed E-state index contributed by atoms with van der Waals surface area (Å²) in [6.45, 7) is 0. The minimum absolute atomic E-state index is 0.270. The van der Waals surface area contributed by atoms with Crippen LogP contribution in [0.3, 0.4) is 0 Å². The third-order valence-corrected chi connectivity index (χ3v) is 2.75. The Balaban J connectivity index is 2.39. The summed E-state index contributed by atoms with van der Waals surface area (Å²) in [5.41, 5.74) is -2.01. The molecule has 0 saturated carbocycles. The van der Waals surface area contributed by atoms with Crippen molar-refractivity contribution in [3.63, 3.8) is 0 Å². The number of alkyl halides is 3. The number of hydrogen-bond acceptors (Lipinski definition) is 1. The first-order valence-corrected chi connectivity index (χ1v) is 5.57. The quantitative estimate of drug-likeness (QED) is 0.458. The van der Waals surface area contributed by atoms with E-state index in [4.69, 9.17) is 0 Å². The van der Waals surface area contributed by atoms with E-state index in [0.717, 1.165) is 18.2 Å². The highest BCUT2D eigenvalue weighted by Crippen LogP contribution is 2.29. The third-order valence-electron chi connectivity index (χ3n) is 2.75. The van der Waals surface area contributed by atoms with E-state index in [2.05, 4.69) is 0 Å². The van der Waals surface area contributed by atoms with Crippen LogP contribution in [0.2, 0.25) is 0 Å². The third kappa shape index (κ3) is 2.91. The summed E-state index contributed by atoms with van der Waals surface area (Å²) >= 11 is 0. The highest BCUT2D eigenvalue weighted by molar-refractivity contribution is 6.09. The van der Waals surface area contributed by atoms with Gasteiger partial charge in [0, 0.05) is 5.56 Å². The highest BCUT2D eigenvalue weighted by Gasteiger charge is 2.30. The van der Waals surface area contributed by atoms with E-state index in [1.807, 2.05) is 0 Å². The van der Waals surface area contributed by atoms with Gasteiger partial charge in [-0.25, -0.2) is 13.2 Å². The number of carbonyl (C=O) groups is 1. The summed E-state index contributed by atoms with van der Waals surface area (Å²) in [5, 5.41) is 0. The Hall–Kier alpha value is -2.31. The maximum atomic E-state index is 13.5. The zero-order valence-electron chi connectivity index (χ0n) is 10.1. The molecule has 2 aromatic carbocycles. The Bertz CT molecular complexity index is 688. The lowest BCUT2D eigenvalue weighted by Gasteiger charge is -2.08. The van der Waals surface area contributed by atoms with Crippen LogP contribution in [-0.2, 0) is 6.18 Å². The minimum atomic E-state index is -4.57. The zero-order valence-corrected chi connectivity index (χ0v) is 10.1. The van der Waals surface area contributed by atoms with Crippen molar-refractivity contribution < 1.29 is 31.1 Å². The minimum Gasteiger partial charge on any atom is -0.288 e. The molecule has 0 N–H and O–H groups in total. The van der Waals surface area contributed by atoms with E-state index in [1.165, 1.54) is 0 Å². The van der Waals surface area contributed by atoms with Crippen LogP contribution in [-0.4, -0.2) is 5.78 Å². The van der Waals surface area contributed by atoms with Crippen LogP contribution in [0.5, 0.6) is 0 Å². The predicted octanol–water partition coefficient (Wildman–Crippen LogP) is 4.35. The number of hydrogen-bond donors (Lipinski definition) is 0. The monoisotopic (exact) mass is 304 g/mol. The average Bonchev–Trinajstić information content (AvgIpc) is 2.43. The first kappa shape index (κ1) is 15.1. The SMILES string of the molecule is O=C(c1ccc(C(F)(F)F)cc1)c1ccc(F)c(F)c1F. The Morgan fingerprint density at radius 2 is 1.38 bits per heavy atom. The van der Waals surface area contributed by atoms with Crippen molar-refractivity contribution in [1.82, 2.24) is 0 Å². The molecule has 0 aliphatic rings. The normalized spacial score (nSPS) is 11.5. The summed E-state index contributed by atoms with van der Waals surface area (Å²) < 4.78 is 76.4. The van der Waals surface area contributed by atoms with Crippen molar-refractivity contribution in [2.24, 2.45) is 0 Å². The van der Waals surface area contributed by atoms with Crippen LogP contribution in [0, 0.1) is 17.5 Å². The molecule has 0 bridgehead atoms. The van der Waals surface area contributed by atoms with Crippen LogP contribution in [0.1, 0.15) is 21.5 Å². The molecule has 0 fully saturated rings. The summed E-state index contributed by atoms with van der Waals surface area (Å²) in [7, 11) is 0. The second kappa shape index (κ2) is 5.23. The first-order valence-electron chi connectivity index (χ1n) is 5.57. The standard InChI is InChI=1S/C14H6F6O/c15-10-6-5-9(11(16)12(10)17)13(21)7-1-3-8(4-2-7)14(18,19)20/h1-6H. The molecule has 0 heterocycles. The second-order valence-corrected chi connectivity index (χ2v) is 4.13. The summed E-state index contributed by atoms with van der Waals surface area (Å²) in [6.07, 6.45) is -4.57. The second-order valence-electron chi connectivity index (χ2n) is 4.13. The van der Waals surface area contributed by atoms with E-state index in [-0.39, 0.29) is 5.56 Å². The number of halogens is 6. The Morgan fingerprint density at radius 3 is 1.90 bits per heavy atom. The Morgan fingerprint density at radius 1 is 0.810 bits per heavy atom. The van der Waals surface area contributed by atoms with Gasteiger partial charge in [0.2, 0.25) is 0 Å². The first-order chi connectivity index (χ1) is 9.71. The zero-order chi connectivity index (χ0) is 15.8. The smallest absolute Gasteiger partial charge is 0.288 e. The molecule has 2 rings (SSSR count). The molecule has 0 aliphatic carbocycles. The fraction of sp³-hybridized carbons (Fsp3) is 0.0714. The van der Waals surface area contributed by atoms with Gasteiger partial charge in [0.1, 0.15) is 0 Å². The van der Waals surface area contributed by atoms with E-state index < -0.39 is 40.5 Å². The lowest BCUT2D eigenvalue weighted by atomic mass is 10.0. The number of ketones is 1. The molecular weight excluding hydrogens is 298 g/mol. The van der Waals surface area contributed by atoms with Gasteiger partial charge in [-0.3, -0.25) is 4.79 Å². The van der Waals surface area contributed by atoms with Crippen LogP contribution >= 0.6 is 0 Å². The maximum absolute atomic E-state index is 13.5. The van der Waals surface area contributed by atoms with Gasteiger partial charge in [-0.05, 0) is 24.3 Å². The number of carbonyl (C=O) groups excluding carboxylic acids is 1. The maximum Gasteiger partial charge on any atom is 0.416 e. The van der Waals surface area contributed by atoms with E-state index in [0.29, 0.717) is 18.2 Å². The van der Waals surface area contributed by atoms with E-state index in [1.54, 1.807) is 0 Å². The lowest BCUT2D eigenvalue weighted by molar-refractivity contribution is -0.137. The molecule has 1 nitrogen and oxygen atoms in total. The van der Waals surface area contributed by atoms with Gasteiger partial charge in [-0.1, -0.05) is 12.1 Å². The van der Waals surface area contributed by atoms with E-state index >= 15 is 0 Å². The van der Waals surface area contributed by atoms with Crippen molar-refractivity contribution in [3.8, 4) is 0 Å². The number of rotatable bonds is 2. The van der Waals surface area contributed by atoms with Gasteiger partial charge in [0.15, 0.2) is 23.2 Å².